The van der Waals surface area contributed by atoms with Gasteiger partial charge in [-0.15, -0.1) is 0 Å². The van der Waals surface area contributed by atoms with Gasteiger partial charge < -0.3 is 9.88 Å². The van der Waals surface area contributed by atoms with Crippen molar-refractivity contribution in [3.63, 3.8) is 0 Å². The van der Waals surface area contributed by atoms with Gasteiger partial charge in [-0.3, -0.25) is 10.1 Å². The Morgan fingerprint density at radius 3 is 2.81 bits per heavy atom. The number of para-hydroxylation sites is 1. The van der Waals surface area contributed by atoms with E-state index in [1.807, 2.05) is 11.0 Å². The molecule has 110 valence electrons. The number of nitrogens with one attached hydrogen (secondary N) is 2. The summed E-state index contributed by atoms with van der Waals surface area (Å²) < 4.78 is 0. The number of nitrogens with zero attached hydrogens (tertiary/aromatic N) is 1. The lowest BCUT2D eigenvalue weighted by molar-refractivity contribution is -0.134. The SMILES string of the molecule is O=C(C1Cc2c([nH]c3ccccc23)CN1)N1CCCCC1. The molecule has 0 saturated carbocycles. The lowest BCUT2D eigenvalue weighted by atomic mass is 9.97. The van der Waals surface area contributed by atoms with Gasteiger partial charge in [0, 0.05) is 36.2 Å². The Morgan fingerprint density at radius 1 is 1.14 bits per heavy atom. The molecule has 1 saturated heterocycles. The predicted molar refractivity (Wildman–Crippen MR) is 83.1 cm³/mol. The van der Waals surface area contributed by atoms with Crippen LogP contribution in [0.4, 0.5) is 0 Å². The number of aromatic amines is 1. The normalized spacial score (nSPS) is 22.3. The van der Waals surface area contributed by atoms with Gasteiger partial charge >= 0.3 is 0 Å². The molecule has 2 N–H and O–H groups in total. The molecule has 1 aromatic heterocycles. The Balaban J connectivity index is 1.59. The first kappa shape index (κ1) is 12.9. The maximum Gasteiger partial charge on any atom is 0.240 e. The maximum absolute atomic E-state index is 12.7. The van der Waals surface area contributed by atoms with E-state index >= 15 is 0 Å². The minimum atomic E-state index is -0.0604. The second kappa shape index (κ2) is 5.19. The van der Waals surface area contributed by atoms with Crippen LogP contribution in [0.1, 0.15) is 30.5 Å². The molecule has 4 nitrogen and oxygen atoms in total. The van der Waals surface area contributed by atoms with Crippen molar-refractivity contribution in [1.29, 1.82) is 0 Å². The van der Waals surface area contributed by atoms with Gasteiger partial charge in [0.2, 0.25) is 5.91 Å². The summed E-state index contributed by atoms with van der Waals surface area (Å²) in [5, 5.41) is 4.68. The minimum Gasteiger partial charge on any atom is -0.357 e. The summed E-state index contributed by atoms with van der Waals surface area (Å²) >= 11 is 0. The first-order chi connectivity index (χ1) is 10.3. The molecular formula is C17H21N3O. The molecule has 2 aromatic rings. The number of H-pyrrole nitrogens is 1. The molecule has 2 aliphatic heterocycles. The molecule has 0 spiro atoms. The summed E-state index contributed by atoms with van der Waals surface area (Å²) in [6.07, 6.45) is 4.36. The van der Waals surface area contributed by atoms with Crippen LogP contribution < -0.4 is 5.32 Å². The summed E-state index contributed by atoms with van der Waals surface area (Å²) in [5.41, 5.74) is 3.73. The van der Waals surface area contributed by atoms with E-state index in [0.717, 1.165) is 38.9 Å². The van der Waals surface area contributed by atoms with Crippen LogP contribution in [-0.4, -0.2) is 34.9 Å². The second-order valence-electron chi connectivity index (χ2n) is 6.15. The first-order valence-electron chi connectivity index (χ1n) is 7.93. The predicted octanol–water partition coefficient (Wildman–Crippen LogP) is 2.19. The van der Waals surface area contributed by atoms with Crippen LogP contribution in [0.3, 0.4) is 0 Å². The third kappa shape index (κ3) is 2.23. The molecule has 1 amide bonds. The number of hydrogen-bond acceptors (Lipinski definition) is 2. The van der Waals surface area contributed by atoms with Crippen LogP contribution in [0.2, 0.25) is 0 Å². The van der Waals surface area contributed by atoms with Crippen LogP contribution >= 0.6 is 0 Å². The molecular weight excluding hydrogens is 262 g/mol. The second-order valence-corrected chi connectivity index (χ2v) is 6.15. The molecule has 0 radical (unpaired) electrons. The fourth-order valence-electron chi connectivity index (χ4n) is 3.65. The number of fused-ring (bicyclic) bond motifs is 3. The zero-order valence-electron chi connectivity index (χ0n) is 12.2. The molecule has 21 heavy (non-hydrogen) atoms. The summed E-state index contributed by atoms with van der Waals surface area (Å²) in [7, 11) is 0. The molecule has 3 heterocycles. The van der Waals surface area contributed by atoms with Crippen LogP contribution in [0.15, 0.2) is 24.3 Å². The summed E-state index contributed by atoms with van der Waals surface area (Å²) in [5.74, 6) is 0.283. The Labute approximate surface area is 124 Å². The molecule has 1 aromatic carbocycles. The monoisotopic (exact) mass is 283 g/mol. The zero-order chi connectivity index (χ0) is 14.2. The van der Waals surface area contributed by atoms with E-state index in [4.69, 9.17) is 0 Å². The molecule has 1 atom stereocenters. The molecule has 0 bridgehead atoms. The number of aromatic nitrogens is 1. The highest BCUT2D eigenvalue weighted by atomic mass is 16.2. The van der Waals surface area contributed by atoms with E-state index in [-0.39, 0.29) is 11.9 Å². The van der Waals surface area contributed by atoms with Gasteiger partial charge in [-0.2, -0.15) is 0 Å². The third-order valence-electron chi connectivity index (χ3n) is 4.80. The topological polar surface area (TPSA) is 48.1 Å². The van der Waals surface area contributed by atoms with Crippen molar-refractivity contribution < 1.29 is 4.79 Å². The van der Waals surface area contributed by atoms with Gasteiger partial charge in [0.15, 0.2) is 0 Å². The highest BCUT2D eigenvalue weighted by molar-refractivity contribution is 5.88. The molecule has 1 fully saturated rings. The lowest BCUT2D eigenvalue weighted by Gasteiger charge is -2.32. The van der Waals surface area contributed by atoms with Crippen LogP contribution in [0.5, 0.6) is 0 Å². The van der Waals surface area contributed by atoms with E-state index in [1.54, 1.807) is 0 Å². The number of likely N-dealkylation sites (tertiary alicyclic amines) is 1. The highest BCUT2D eigenvalue weighted by Gasteiger charge is 2.30. The lowest BCUT2D eigenvalue weighted by Crippen LogP contribution is -2.50. The number of piperidine rings is 1. The number of hydrogen-bond donors (Lipinski definition) is 2. The Bertz CT molecular complexity index is 670. The molecule has 1 unspecified atom stereocenters. The smallest absolute Gasteiger partial charge is 0.240 e. The first-order valence-corrected chi connectivity index (χ1v) is 7.93. The van der Waals surface area contributed by atoms with Crippen molar-refractivity contribution in [2.45, 2.75) is 38.3 Å². The summed E-state index contributed by atoms with van der Waals surface area (Å²) in [6, 6.07) is 8.32. The summed E-state index contributed by atoms with van der Waals surface area (Å²) in [4.78, 5) is 18.2. The fourth-order valence-corrected chi connectivity index (χ4v) is 3.65. The average Bonchev–Trinajstić information content (AvgIpc) is 2.93. The number of benzene rings is 1. The van der Waals surface area contributed by atoms with Gasteiger partial charge in [0.05, 0.1) is 6.04 Å². The van der Waals surface area contributed by atoms with Crippen LogP contribution in [0.25, 0.3) is 10.9 Å². The molecule has 0 aliphatic carbocycles. The molecule has 4 rings (SSSR count). The quantitative estimate of drug-likeness (QED) is 0.843. The van der Waals surface area contributed by atoms with E-state index < -0.39 is 0 Å². The van der Waals surface area contributed by atoms with E-state index in [2.05, 4.69) is 28.5 Å². The Kier molecular flexibility index (Phi) is 3.19. The van der Waals surface area contributed by atoms with Gasteiger partial charge in [-0.25, -0.2) is 0 Å². The number of rotatable bonds is 1. The van der Waals surface area contributed by atoms with Gasteiger partial charge in [-0.05, 0) is 37.3 Å². The summed E-state index contributed by atoms with van der Waals surface area (Å²) in [6.45, 7) is 2.61. The van der Waals surface area contributed by atoms with Crippen LogP contribution in [0, 0.1) is 0 Å². The van der Waals surface area contributed by atoms with Crippen molar-refractivity contribution in [3.05, 3.63) is 35.5 Å². The van der Waals surface area contributed by atoms with E-state index in [9.17, 15) is 4.79 Å². The largest absolute Gasteiger partial charge is 0.357 e. The Morgan fingerprint density at radius 2 is 1.95 bits per heavy atom. The van der Waals surface area contributed by atoms with Crippen LogP contribution in [-0.2, 0) is 17.8 Å². The number of amides is 1. The van der Waals surface area contributed by atoms with Gasteiger partial charge in [0.25, 0.3) is 0 Å². The highest BCUT2D eigenvalue weighted by Crippen LogP contribution is 2.27. The standard InChI is InChI=1S/C17H21N3O/c21-17(20-8-4-1-5-9-20)15-10-13-12-6-2-3-7-14(12)19-16(13)11-18-15/h2-3,6-7,15,18-19H,1,4-5,8-11H2. The molecule has 2 aliphatic rings. The third-order valence-corrected chi connectivity index (χ3v) is 4.80. The van der Waals surface area contributed by atoms with E-state index in [1.165, 1.54) is 28.6 Å². The van der Waals surface area contributed by atoms with Crippen molar-refractivity contribution >= 4 is 16.8 Å². The Hall–Kier alpha value is -1.81. The minimum absolute atomic E-state index is 0.0604. The number of carbonyl (C=O) groups is 1. The zero-order valence-corrected chi connectivity index (χ0v) is 12.2. The van der Waals surface area contributed by atoms with Gasteiger partial charge in [-0.1, -0.05) is 18.2 Å². The van der Waals surface area contributed by atoms with Crippen molar-refractivity contribution in [2.24, 2.45) is 0 Å². The maximum atomic E-state index is 12.7. The molecule has 4 heteroatoms. The van der Waals surface area contributed by atoms with Crippen molar-refractivity contribution in [2.75, 3.05) is 13.1 Å². The average molecular weight is 283 g/mol. The van der Waals surface area contributed by atoms with Crippen molar-refractivity contribution in [1.82, 2.24) is 15.2 Å². The van der Waals surface area contributed by atoms with Gasteiger partial charge in [0.1, 0.15) is 0 Å². The van der Waals surface area contributed by atoms with E-state index in [0.29, 0.717) is 0 Å². The fraction of sp³-hybridized carbons (Fsp3) is 0.471. The van der Waals surface area contributed by atoms with Crippen molar-refractivity contribution in [3.8, 4) is 0 Å². The number of carbonyl (C=O) groups excluding carboxylic acids is 1.